The van der Waals surface area contributed by atoms with Crippen LogP contribution in [0.1, 0.15) is 48.8 Å². The number of aromatic nitrogens is 2. The van der Waals surface area contributed by atoms with Gasteiger partial charge in [0.15, 0.2) is 5.13 Å². The molecule has 0 atom stereocenters. The van der Waals surface area contributed by atoms with E-state index in [0.717, 1.165) is 37.4 Å². The summed E-state index contributed by atoms with van der Waals surface area (Å²) in [4.78, 5) is 26.2. The number of pyridine rings is 1. The molecule has 2 aromatic heterocycles. The van der Waals surface area contributed by atoms with E-state index in [-0.39, 0.29) is 5.91 Å². The van der Waals surface area contributed by atoms with Crippen LogP contribution in [0.5, 0.6) is 0 Å². The number of hydrogen-bond acceptors (Lipinski definition) is 9. The predicted molar refractivity (Wildman–Crippen MR) is 133 cm³/mol. The minimum Gasteiger partial charge on any atom is -0.380 e. The lowest BCUT2D eigenvalue weighted by Crippen LogP contribution is -2.37. The van der Waals surface area contributed by atoms with Gasteiger partial charge in [0, 0.05) is 43.3 Å². The van der Waals surface area contributed by atoms with Crippen LogP contribution in [-0.2, 0) is 9.47 Å². The number of nitrogens with one attached hydrogen (secondary N) is 1. The lowest BCUT2D eigenvalue weighted by molar-refractivity contribution is 0.0546. The summed E-state index contributed by atoms with van der Waals surface area (Å²) in [5.41, 5.74) is 1.45. The zero-order chi connectivity index (χ0) is 24.2. The van der Waals surface area contributed by atoms with Gasteiger partial charge in [-0.15, -0.1) is 11.3 Å². The van der Waals surface area contributed by atoms with Crippen molar-refractivity contribution < 1.29 is 14.3 Å². The van der Waals surface area contributed by atoms with E-state index < -0.39 is 0 Å². The molecule has 0 unspecified atom stereocenters. The Morgan fingerprint density at radius 1 is 1.21 bits per heavy atom. The summed E-state index contributed by atoms with van der Waals surface area (Å²) in [6.45, 7) is 9.38. The average molecular weight is 487 g/mol. The maximum Gasteiger partial charge on any atom is 0.273 e. The van der Waals surface area contributed by atoms with Gasteiger partial charge in [0.2, 0.25) is 0 Å². The van der Waals surface area contributed by atoms with Crippen molar-refractivity contribution in [3.63, 3.8) is 0 Å². The highest BCUT2D eigenvalue weighted by Crippen LogP contribution is 2.28. The first-order valence-corrected chi connectivity index (χ1v) is 12.8. The molecule has 3 heterocycles. The summed E-state index contributed by atoms with van der Waals surface area (Å²) in [5, 5.41) is 14.5. The van der Waals surface area contributed by atoms with E-state index in [0.29, 0.717) is 62.8 Å². The summed E-state index contributed by atoms with van der Waals surface area (Å²) < 4.78 is 10.9. The van der Waals surface area contributed by atoms with Gasteiger partial charge >= 0.3 is 0 Å². The summed E-state index contributed by atoms with van der Waals surface area (Å²) in [6.07, 6.45) is 1.99. The van der Waals surface area contributed by atoms with Crippen molar-refractivity contribution in [2.75, 3.05) is 64.5 Å². The largest absolute Gasteiger partial charge is 0.380 e. The van der Waals surface area contributed by atoms with Crippen LogP contribution in [0.15, 0.2) is 23.6 Å². The number of likely N-dealkylation sites (tertiary alicyclic amines) is 1. The molecular formula is C24H34N6O3S. The Bertz CT molecular complexity index is 929. The van der Waals surface area contributed by atoms with Crippen LogP contribution in [-0.4, -0.2) is 84.8 Å². The summed E-state index contributed by atoms with van der Waals surface area (Å²) in [6, 6.07) is 8.19. The van der Waals surface area contributed by atoms with Gasteiger partial charge in [-0.3, -0.25) is 9.69 Å². The molecule has 1 amide bonds. The van der Waals surface area contributed by atoms with Crippen molar-refractivity contribution in [2.24, 2.45) is 0 Å². The van der Waals surface area contributed by atoms with Gasteiger partial charge in [0.05, 0.1) is 25.8 Å². The number of ether oxygens (including phenoxy) is 2. The molecule has 0 spiro atoms. The Balaban J connectivity index is 1.60. The van der Waals surface area contributed by atoms with E-state index in [9.17, 15) is 4.79 Å². The van der Waals surface area contributed by atoms with Gasteiger partial charge in [0.25, 0.3) is 5.91 Å². The predicted octanol–water partition coefficient (Wildman–Crippen LogP) is 3.50. The number of piperidine rings is 1. The molecule has 0 radical (unpaired) electrons. The smallest absolute Gasteiger partial charge is 0.273 e. The fraction of sp³-hybridized carbons (Fsp3) is 0.583. The first-order valence-electron chi connectivity index (χ1n) is 11.9. The van der Waals surface area contributed by atoms with Gasteiger partial charge in [-0.25, -0.2) is 9.97 Å². The minimum atomic E-state index is -0.130. The Kier molecular flexibility index (Phi) is 10.7. The third kappa shape index (κ3) is 7.74. The third-order valence-corrected chi connectivity index (χ3v) is 6.49. The molecule has 1 aliphatic rings. The number of rotatable bonds is 13. The van der Waals surface area contributed by atoms with Crippen molar-refractivity contribution in [3.8, 4) is 6.07 Å². The van der Waals surface area contributed by atoms with E-state index >= 15 is 0 Å². The SMILES string of the molecule is CCOCCN(CCOCC)C(=O)c1csc(Nc2cccc(C3CCN(CC#N)CC3)n2)n1. The Morgan fingerprint density at radius 3 is 2.56 bits per heavy atom. The Hall–Kier alpha value is -2.58. The Labute approximate surface area is 205 Å². The van der Waals surface area contributed by atoms with Crippen LogP contribution < -0.4 is 5.32 Å². The van der Waals surface area contributed by atoms with E-state index in [1.165, 1.54) is 11.3 Å². The second-order valence-electron chi connectivity index (χ2n) is 8.01. The van der Waals surface area contributed by atoms with Crippen molar-refractivity contribution in [3.05, 3.63) is 35.0 Å². The van der Waals surface area contributed by atoms with E-state index in [1.807, 2.05) is 26.0 Å². The van der Waals surface area contributed by atoms with Crippen molar-refractivity contribution in [1.82, 2.24) is 19.8 Å². The fourth-order valence-corrected chi connectivity index (χ4v) is 4.58. The van der Waals surface area contributed by atoms with Crippen LogP contribution in [0.2, 0.25) is 0 Å². The molecule has 1 fully saturated rings. The number of amides is 1. The molecule has 9 nitrogen and oxygen atoms in total. The molecule has 0 aromatic carbocycles. The Morgan fingerprint density at radius 2 is 1.91 bits per heavy atom. The molecule has 0 aliphatic carbocycles. The van der Waals surface area contributed by atoms with Gasteiger partial charge in [-0.2, -0.15) is 5.26 Å². The zero-order valence-corrected chi connectivity index (χ0v) is 20.9. The van der Waals surface area contributed by atoms with E-state index in [2.05, 4.69) is 27.3 Å². The van der Waals surface area contributed by atoms with Crippen molar-refractivity contribution in [2.45, 2.75) is 32.6 Å². The molecule has 3 rings (SSSR count). The number of nitriles is 1. The highest BCUT2D eigenvalue weighted by Gasteiger charge is 2.22. The van der Waals surface area contributed by atoms with E-state index in [4.69, 9.17) is 19.7 Å². The molecule has 0 bridgehead atoms. The third-order valence-electron chi connectivity index (χ3n) is 5.74. The lowest BCUT2D eigenvalue weighted by Gasteiger charge is -2.29. The molecule has 1 N–H and O–H groups in total. The molecule has 0 saturated carbocycles. The number of anilines is 2. The molecule has 2 aromatic rings. The molecule has 10 heteroatoms. The lowest BCUT2D eigenvalue weighted by atomic mass is 9.93. The van der Waals surface area contributed by atoms with Gasteiger partial charge in [-0.05, 0) is 51.9 Å². The molecule has 1 aliphatic heterocycles. The molecule has 34 heavy (non-hydrogen) atoms. The van der Waals surface area contributed by atoms with Crippen LogP contribution in [0.3, 0.4) is 0 Å². The van der Waals surface area contributed by atoms with Crippen molar-refractivity contribution >= 4 is 28.2 Å². The molecule has 1 saturated heterocycles. The highest BCUT2D eigenvalue weighted by molar-refractivity contribution is 7.14. The van der Waals surface area contributed by atoms with Crippen LogP contribution in [0.25, 0.3) is 0 Å². The number of carbonyl (C=O) groups is 1. The van der Waals surface area contributed by atoms with Gasteiger partial charge < -0.3 is 19.7 Å². The zero-order valence-electron chi connectivity index (χ0n) is 20.0. The van der Waals surface area contributed by atoms with Crippen molar-refractivity contribution in [1.29, 1.82) is 5.26 Å². The van der Waals surface area contributed by atoms with Gasteiger partial charge in [0.1, 0.15) is 11.5 Å². The molecular weight excluding hydrogens is 452 g/mol. The number of thiazole rings is 1. The fourth-order valence-electron chi connectivity index (χ4n) is 3.89. The second-order valence-corrected chi connectivity index (χ2v) is 8.86. The number of hydrogen-bond donors (Lipinski definition) is 1. The monoisotopic (exact) mass is 486 g/mol. The number of nitrogens with zero attached hydrogens (tertiary/aromatic N) is 5. The maximum atomic E-state index is 13.0. The van der Waals surface area contributed by atoms with Crippen LogP contribution in [0, 0.1) is 11.3 Å². The average Bonchev–Trinajstić information content (AvgIpc) is 3.32. The number of carbonyl (C=O) groups excluding carboxylic acids is 1. The summed E-state index contributed by atoms with van der Waals surface area (Å²) >= 11 is 1.38. The van der Waals surface area contributed by atoms with Crippen LogP contribution in [0.4, 0.5) is 10.9 Å². The highest BCUT2D eigenvalue weighted by atomic mass is 32.1. The first kappa shape index (κ1) is 26.0. The normalized spacial score (nSPS) is 14.6. The second kappa shape index (κ2) is 14.0. The summed E-state index contributed by atoms with van der Waals surface area (Å²) in [7, 11) is 0. The standard InChI is InChI=1S/C24H34N6O3S/c1-3-32-16-14-30(15-17-33-4-2)23(31)21-18-34-24(27-21)28-22-7-5-6-20(26-22)19-8-11-29(12-9-19)13-10-25/h5-7,18-19H,3-4,8-9,11-17H2,1-2H3,(H,26,27,28). The molecule has 184 valence electrons. The first-order chi connectivity index (χ1) is 16.6. The minimum absolute atomic E-state index is 0.130. The van der Waals surface area contributed by atoms with Crippen LogP contribution >= 0.6 is 11.3 Å². The maximum absolute atomic E-state index is 13.0. The quantitative estimate of drug-likeness (QED) is 0.339. The van der Waals surface area contributed by atoms with Gasteiger partial charge in [-0.1, -0.05) is 6.07 Å². The summed E-state index contributed by atoms with van der Waals surface area (Å²) in [5.74, 6) is 0.971. The van der Waals surface area contributed by atoms with E-state index in [1.54, 1.807) is 10.3 Å². The topological polar surface area (TPSA) is 104 Å².